The highest BCUT2D eigenvalue weighted by atomic mass is 16.8. The number of carbonyl (C=O) groups is 2. The third-order valence-electron chi connectivity index (χ3n) is 8.13. The minimum Gasteiger partial charge on any atom is -0.458 e. The van der Waals surface area contributed by atoms with Crippen LogP contribution in [0, 0.1) is 0 Å². The third kappa shape index (κ3) is 6.69. The number of nitrogens with one attached hydrogen (secondary N) is 1. The fourth-order valence-electron chi connectivity index (χ4n) is 5.98. The molecule has 5 rings (SSSR count). The van der Waals surface area contributed by atoms with Gasteiger partial charge in [0.25, 0.3) is 0 Å². The summed E-state index contributed by atoms with van der Waals surface area (Å²) in [6, 6.07) is 14.9. The number of esters is 1. The summed E-state index contributed by atoms with van der Waals surface area (Å²) in [6.45, 7) is 8.95. The number of fused-ring (bicyclic) bond motifs is 4. The lowest BCUT2D eigenvalue weighted by Crippen LogP contribution is -2.48. The van der Waals surface area contributed by atoms with Crippen molar-refractivity contribution >= 4 is 12.1 Å². The Morgan fingerprint density at radius 2 is 1.64 bits per heavy atom. The first-order chi connectivity index (χ1) is 21.1. The van der Waals surface area contributed by atoms with Crippen LogP contribution < -0.4 is 5.32 Å². The number of hydrogen-bond donors (Lipinski definition) is 1. The number of rotatable bonds is 11. The van der Waals surface area contributed by atoms with E-state index in [1.807, 2.05) is 50.2 Å². The van der Waals surface area contributed by atoms with E-state index in [4.69, 9.17) is 34.0 Å². The number of benzene rings is 2. The number of azide groups is 1. The highest BCUT2D eigenvalue weighted by molar-refractivity contribution is 5.82. The zero-order chi connectivity index (χ0) is 31.5. The largest absolute Gasteiger partial charge is 0.458 e. The maximum atomic E-state index is 13.2. The van der Waals surface area contributed by atoms with Crippen LogP contribution in [0.1, 0.15) is 64.5 Å². The van der Waals surface area contributed by atoms with Gasteiger partial charge in [-0.3, -0.25) is 0 Å². The highest BCUT2D eigenvalue weighted by Gasteiger charge is 2.57. The monoisotopic (exact) mass is 608 g/mol. The predicted octanol–water partition coefficient (Wildman–Crippen LogP) is 5.59. The van der Waals surface area contributed by atoms with Gasteiger partial charge in [0.2, 0.25) is 0 Å². The van der Waals surface area contributed by atoms with Crippen molar-refractivity contribution in [2.24, 2.45) is 5.11 Å². The molecule has 0 bridgehead atoms. The van der Waals surface area contributed by atoms with Crippen LogP contribution in [-0.4, -0.2) is 73.9 Å². The van der Waals surface area contributed by atoms with Crippen molar-refractivity contribution in [1.82, 2.24) is 5.32 Å². The first kappa shape index (κ1) is 31.7. The summed E-state index contributed by atoms with van der Waals surface area (Å²) in [5.41, 5.74) is 12.4. The minimum atomic E-state index is -1.20. The molecule has 12 heteroatoms. The SMILES string of the molecule is CCC1(CC)O[C@H]2[C@H](OC[C@H](NC(=O)OCC3c4ccccc4-c4ccccc43)C(=O)OC(C)(C)C)O[C@H](CN=[N+]=[N-])[C@H]2O1. The molecule has 236 valence electrons. The van der Waals surface area contributed by atoms with Gasteiger partial charge in [-0.15, -0.1) is 0 Å². The molecule has 1 aliphatic carbocycles. The smallest absolute Gasteiger partial charge is 0.407 e. The zero-order valence-electron chi connectivity index (χ0n) is 25.7. The number of ether oxygens (including phenoxy) is 6. The Kier molecular flexibility index (Phi) is 9.48. The lowest BCUT2D eigenvalue weighted by molar-refractivity contribution is -0.248. The van der Waals surface area contributed by atoms with Crippen LogP contribution in [0.2, 0.25) is 0 Å². The molecule has 0 saturated carbocycles. The Labute approximate surface area is 256 Å². The second-order valence-corrected chi connectivity index (χ2v) is 12.1. The molecule has 2 aliphatic heterocycles. The molecule has 0 spiro atoms. The van der Waals surface area contributed by atoms with E-state index in [9.17, 15) is 9.59 Å². The van der Waals surface area contributed by atoms with E-state index < -0.39 is 54.1 Å². The molecule has 0 unspecified atom stereocenters. The number of alkyl carbamates (subject to hydrolysis) is 1. The number of amides is 1. The lowest BCUT2D eigenvalue weighted by atomic mass is 9.98. The van der Waals surface area contributed by atoms with Crippen molar-refractivity contribution in [1.29, 1.82) is 0 Å². The van der Waals surface area contributed by atoms with E-state index in [-0.39, 0.29) is 25.7 Å². The standard InChI is InChI=1S/C32H40N4O8/c1-6-32(7-2)42-26-25(16-34-36-33)41-29(27(26)43-32)39-18-24(28(37)44-31(3,4)5)35-30(38)40-17-23-21-14-10-8-12-19(21)20-13-9-11-15-22(20)23/h8-15,23-27,29H,6-7,16-18H2,1-5H3,(H,35,38)/t24-,25+,26+,27+,29+/m0/s1. The summed E-state index contributed by atoms with van der Waals surface area (Å²) in [5.74, 6) is -1.65. The molecule has 3 aliphatic rings. The number of hydrogen-bond acceptors (Lipinski definition) is 9. The van der Waals surface area contributed by atoms with E-state index in [2.05, 4.69) is 27.5 Å². The van der Waals surface area contributed by atoms with Crippen molar-refractivity contribution in [2.45, 2.75) is 95.4 Å². The van der Waals surface area contributed by atoms with E-state index in [0.717, 1.165) is 22.3 Å². The third-order valence-corrected chi connectivity index (χ3v) is 8.13. The first-order valence-electron chi connectivity index (χ1n) is 15.1. The summed E-state index contributed by atoms with van der Waals surface area (Å²) < 4.78 is 35.8. The van der Waals surface area contributed by atoms with E-state index in [0.29, 0.717) is 12.8 Å². The Bertz CT molecular complexity index is 1360. The molecule has 2 fully saturated rings. The summed E-state index contributed by atoms with van der Waals surface area (Å²) in [4.78, 5) is 29.1. The predicted molar refractivity (Wildman–Crippen MR) is 160 cm³/mol. The molecule has 2 aromatic carbocycles. The van der Waals surface area contributed by atoms with Crippen LogP contribution in [0.3, 0.4) is 0 Å². The summed E-state index contributed by atoms with van der Waals surface area (Å²) in [5, 5.41) is 6.27. The van der Waals surface area contributed by atoms with Crippen LogP contribution in [0.15, 0.2) is 53.6 Å². The molecule has 2 aromatic rings. The van der Waals surface area contributed by atoms with Gasteiger partial charge in [0, 0.05) is 10.8 Å². The molecule has 2 saturated heterocycles. The summed E-state index contributed by atoms with van der Waals surface area (Å²) >= 11 is 0. The molecule has 12 nitrogen and oxygen atoms in total. The van der Waals surface area contributed by atoms with E-state index in [1.165, 1.54) is 0 Å². The van der Waals surface area contributed by atoms with Crippen LogP contribution in [0.25, 0.3) is 21.6 Å². The highest BCUT2D eigenvalue weighted by Crippen LogP contribution is 2.45. The van der Waals surface area contributed by atoms with Crippen molar-refractivity contribution < 1.29 is 38.0 Å². The molecular formula is C32H40N4O8. The van der Waals surface area contributed by atoms with Crippen molar-refractivity contribution in [3.8, 4) is 11.1 Å². The summed E-state index contributed by atoms with van der Waals surface area (Å²) in [7, 11) is 0. The molecule has 2 heterocycles. The van der Waals surface area contributed by atoms with E-state index in [1.54, 1.807) is 20.8 Å². The molecule has 44 heavy (non-hydrogen) atoms. The van der Waals surface area contributed by atoms with Gasteiger partial charge in [0.05, 0.1) is 19.3 Å². The van der Waals surface area contributed by atoms with Crippen molar-refractivity contribution in [2.75, 3.05) is 19.8 Å². The van der Waals surface area contributed by atoms with Gasteiger partial charge in [-0.05, 0) is 61.4 Å². The van der Waals surface area contributed by atoms with Gasteiger partial charge in [-0.25, -0.2) is 9.59 Å². The van der Waals surface area contributed by atoms with Crippen LogP contribution in [0.4, 0.5) is 4.79 Å². The average Bonchev–Trinajstić information content (AvgIpc) is 3.65. The minimum absolute atomic E-state index is 0.0257. The molecule has 1 N–H and O–H groups in total. The molecule has 0 radical (unpaired) electrons. The van der Waals surface area contributed by atoms with E-state index >= 15 is 0 Å². The number of nitrogens with zero attached hydrogens (tertiary/aromatic N) is 3. The first-order valence-corrected chi connectivity index (χ1v) is 15.1. The van der Waals surface area contributed by atoms with Gasteiger partial charge < -0.3 is 33.7 Å². The Hall–Kier alpha value is -3.67. The fraction of sp³-hybridized carbons (Fsp3) is 0.562. The van der Waals surface area contributed by atoms with Crippen molar-refractivity contribution in [3.05, 3.63) is 70.1 Å². The van der Waals surface area contributed by atoms with Crippen LogP contribution in [0.5, 0.6) is 0 Å². The van der Waals surface area contributed by atoms with Crippen molar-refractivity contribution in [3.63, 3.8) is 0 Å². The maximum Gasteiger partial charge on any atom is 0.407 e. The molecule has 5 atom stereocenters. The Morgan fingerprint density at radius 1 is 1.02 bits per heavy atom. The van der Waals surface area contributed by atoms with Gasteiger partial charge >= 0.3 is 12.1 Å². The fourth-order valence-corrected chi connectivity index (χ4v) is 5.98. The molecule has 1 amide bonds. The molecular weight excluding hydrogens is 568 g/mol. The Morgan fingerprint density at radius 3 is 2.23 bits per heavy atom. The van der Waals surface area contributed by atoms with Gasteiger partial charge in [-0.1, -0.05) is 67.5 Å². The Balaban J connectivity index is 1.26. The number of carbonyl (C=O) groups excluding carboxylic acids is 2. The van der Waals surface area contributed by atoms with Crippen LogP contribution >= 0.6 is 0 Å². The lowest BCUT2D eigenvalue weighted by Gasteiger charge is -2.29. The van der Waals surface area contributed by atoms with Gasteiger partial charge in [0.1, 0.15) is 24.4 Å². The second-order valence-electron chi connectivity index (χ2n) is 12.1. The topological polar surface area (TPSA) is 150 Å². The quantitative estimate of drug-likeness (QED) is 0.150. The van der Waals surface area contributed by atoms with Gasteiger partial charge in [0.15, 0.2) is 18.1 Å². The average molecular weight is 609 g/mol. The molecule has 0 aromatic heterocycles. The maximum absolute atomic E-state index is 13.2. The normalized spacial score (nSPS) is 24.0. The van der Waals surface area contributed by atoms with Gasteiger partial charge in [-0.2, -0.15) is 0 Å². The zero-order valence-corrected chi connectivity index (χ0v) is 25.7. The van der Waals surface area contributed by atoms with Crippen LogP contribution in [-0.2, 0) is 33.2 Å². The summed E-state index contributed by atoms with van der Waals surface area (Å²) in [6.07, 6.45) is -2.27. The second kappa shape index (κ2) is 13.1.